The van der Waals surface area contributed by atoms with Crippen LogP contribution >= 0.6 is 0 Å². The maximum absolute atomic E-state index is 2.61. The van der Waals surface area contributed by atoms with E-state index in [1.54, 1.807) is 0 Å². The lowest BCUT2D eigenvalue weighted by molar-refractivity contribution is 0.506. The van der Waals surface area contributed by atoms with E-state index in [-0.39, 0.29) is 33.8 Å². The number of hydrogen-bond donors (Lipinski definition) is 0. The maximum Gasteiger partial charge on any atom is 0.252 e. The van der Waals surface area contributed by atoms with Gasteiger partial charge in [-0.3, -0.25) is 0 Å². The van der Waals surface area contributed by atoms with E-state index in [2.05, 4.69) is 272 Å². The molecule has 2 aliphatic rings. The molecule has 0 unspecified atom stereocenters. The first-order valence-corrected chi connectivity index (χ1v) is 27.2. The molecule has 7 aromatic rings. The van der Waals surface area contributed by atoms with Crippen LogP contribution < -0.4 is 31.1 Å². The Bertz CT molecular complexity index is 2970. The molecule has 0 spiro atoms. The van der Waals surface area contributed by atoms with E-state index in [1.165, 1.54) is 95.1 Å². The molecule has 3 nitrogen and oxygen atoms in total. The Balaban J connectivity index is 1.44. The van der Waals surface area contributed by atoms with Crippen molar-refractivity contribution in [2.24, 2.45) is 0 Å². The smallest absolute Gasteiger partial charge is 0.252 e. The van der Waals surface area contributed by atoms with E-state index in [0.717, 1.165) is 37.1 Å². The molecule has 0 bridgehead atoms. The van der Waals surface area contributed by atoms with Crippen molar-refractivity contribution in [2.75, 3.05) is 14.7 Å². The summed E-state index contributed by atoms with van der Waals surface area (Å²) < 4.78 is 0. The highest BCUT2D eigenvalue weighted by Gasteiger charge is 2.45. The fourth-order valence-electron chi connectivity index (χ4n) is 11.1. The van der Waals surface area contributed by atoms with Crippen molar-refractivity contribution in [3.8, 4) is 0 Å². The van der Waals surface area contributed by atoms with E-state index in [1.807, 2.05) is 0 Å². The SMILES string of the molecule is CCC(C)(C)c1ccc(N2c3ccc(C(C)(C)CC)cc3B3c4cc(C(C)(C)CC)ccc4N(c4ccc(C(C)(C)CC)cc4)c4cc(N(c5ccc(C(C)(C)C)cc5)c5ccc(C)cc5C)cc2c43)cc1. The van der Waals surface area contributed by atoms with Crippen LogP contribution in [0.15, 0.2) is 140 Å². The van der Waals surface area contributed by atoms with Crippen LogP contribution in [0.1, 0.15) is 168 Å². The van der Waals surface area contributed by atoms with E-state index in [0.29, 0.717) is 0 Å². The Labute approximate surface area is 435 Å². The summed E-state index contributed by atoms with van der Waals surface area (Å²) in [6.07, 6.45) is 4.24. The van der Waals surface area contributed by atoms with Crippen LogP contribution in [-0.4, -0.2) is 6.71 Å². The lowest BCUT2D eigenvalue weighted by Gasteiger charge is -2.46. The van der Waals surface area contributed by atoms with Gasteiger partial charge in [0.25, 0.3) is 6.71 Å². The first-order chi connectivity index (χ1) is 33.9. The number of fused-ring (bicyclic) bond motifs is 4. The molecule has 0 fully saturated rings. The Morgan fingerprint density at radius 2 is 0.778 bits per heavy atom. The van der Waals surface area contributed by atoms with E-state index in [4.69, 9.17) is 0 Å². The molecular weight excluding hydrogens is 870 g/mol. The maximum atomic E-state index is 2.61. The number of benzene rings is 7. The zero-order valence-corrected chi connectivity index (χ0v) is 47.0. The molecular formula is C68H82BN3. The Morgan fingerprint density at radius 1 is 0.389 bits per heavy atom. The molecule has 0 aromatic heterocycles. The molecule has 9 rings (SSSR count). The summed E-state index contributed by atoms with van der Waals surface area (Å²) in [6, 6.07) is 55.3. The largest absolute Gasteiger partial charge is 0.311 e. The lowest BCUT2D eigenvalue weighted by Crippen LogP contribution is -2.61. The zero-order valence-electron chi connectivity index (χ0n) is 47.0. The first-order valence-electron chi connectivity index (χ1n) is 27.2. The summed E-state index contributed by atoms with van der Waals surface area (Å²) in [6.45, 7) is 39.7. The Morgan fingerprint density at radius 3 is 1.17 bits per heavy atom. The molecule has 0 aliphatic carbocycles. The van der Waals surface area contributed by atoms with E-state index < -0.39 is 0 Å². The van der Waals surface area contributed by atoms with Gasteiger partial charge >= 0.3 is 0 Å². The first kappa shape index (κ1) is 50.9. The van der Waals surface area contributed by atoms with Crippen molar-refractivity contribution in [1.29, 1.82) is 0 Å². The summed E-state index contributed by atoms with van der Waals surface area (Å²) in [5.41, 5.74) is 24.2. The van der Waals surface area contributed by atoms with Gasteiger partial charge in [-0.25, -0.2) is 0 Å². The standard InChI is InChI=1S/C68H82BN3/c1-18-65(10,11)48-25-33-53(34-26-48)71-59-38-29-50(67(14,15)20-3)41-56(59)69-57-42-51(68(16,17)21-4)30-39-60(57)72(54-35-27-49(28-36-54)66(12,13)19-2)62-44-55(43-61(71)63(62)69)70(58-37-22-45(5)40-46(58)6)52-31-23-47(24-32-52)64(7,8)9/h22-44H,18-21H2,1-17H3. The summed E-state index contributed by atoms with van der Waals surface area (Å²) in [4.78, 5) is 7.74. The quantitative estimate of drug-likeness (QED) is 0.107. The molecule has 372 valence electrons. The fourth-order valence-corrected chi connectivity index (χ4v) is 11.1. The van der Waals surface area contributed by atoms with Gasteiger partial charge in [0.15, 0.2) is 0 Å². The van der Waals surface area contributed by atoms with Crippen molar-refractivity contribution in [2.45, 2.75) is 170 Å². The van der Waals surface area contributed by atoms with Crippen molar-refractivity contribution in [1.82, 2.24) is 0 Å². The highest BCUT2D eigenvalue weighted by Crippen LogP contribution is 2.50. The molecule has 0 saturated carbocycles. The molecule has 0 N–H and O–H groups in total. The van der Waals surface area contributed by atoms with Gasteiger partial charge in [-0.1, -0.05) is 182 Å². The van der Waals surface area contributed by atoms with Crippen molar-refractivity contribution in [3.05, 3.63) is 178 Å². The Kier molecular flexibility index (Phi) is 13.1. The average molecular weight is 952 g/mol. The van der Waals surface area contributed by atoms with Gasteiger partial charge in [0, 0.05) is 45.5 Å². The van der Waals surface area contributed by atoms with Gasteiger partial charge in [0.05, 0.1) is 5.69 Å². The molecule has 0 saturated heterocycles. The molecule has 2 heterocycles. The predicted octanol–water partition coefficient (Wildman–Crippen LogP) is 17.9. The van der Waals surface area contributed by atoms with Gasteiger partial charge in [-0.15, -0.1) is 0 Å². The minimum Gasteiger partial charge on any atom is -0.311 e. The van der Waals surface area contributed by atoms with Crippen LogP contribution in [0.5, 0.6) is 0 Å². The monoisotopic (exact) mass is 952 g/mol. The third kappa shape index (κ3) is 8.90. The summed E-state index contributed by atoms with van der Waals surface area (Å²) in [7, 11) is 0. The third-order valence-corrected chi connectivity index (χ3v) is 17.8. The molecule has 72 heavy (non-hydrogen) atoms. The van der Waals surface area contributed by atoms with Gasteiger partial charge in [-0.05, 0) is 183 Å². The number of nitrogens with zero attached hydrogens (tertiary/aromatic N) is 3. The molecule has 4 heteroatoms. The van der Waals surface area contributed by atoms with Gasteiger partial charge < -0.3 is 14.7 Å². The van der Waals surface area contributed by atoms with Gasteiger partial charge in [0.2, 0.25) is 0 Å². The lowest BCUT2D eigenvalue weighted by atomic mass is 9.33. The zero-order chi connectivity index (χ0) is 51.9. The van der Waals surface area contributed by atoms with Crippen LogP contribution in [0.25, 0.3) is 0 Å². The highest BCUT2D eigenvalue weighted by atomic mass is 15.2. The predicted molar refractivity (Wildman–Crippen MR) is 317 cm³/mol. The second-order valence-corrected chi connectivity index (χ2v) is 25.0. The summed E-state index contributed by atoms with van der Waals surface area (Å²) in [5.74, 6) is 0. The number of aryl methyl sites for hydroxylation is 2. The molecule has 0 radical (unpaired) electrons. The van der Waals surface area contributed by atoms with Crippen LogP contribution in [0, 0.1) is 13.8 Å². The van der Waals surface area contributed by atoms with E-state index >= 15 is 0 Å². The number of hydrogen-bond acceptors (Lipinski definition) is 3. The molecule has 0 atom stereocenters. The average Bonchev–Trinajstić information content (AvgIpc) is 3.36. The van der Waals surface area contributed by atoms with Crippen LogP contribution in [-0.2, 0) is 27.1 Å². The molecule has 0 amide bonds. The normalized spacial score (nSPS) is 13.8. The van der Waals surface area contributed by atoms with E-state index in [9.17, 15) is 0 Å². The third-order valence-electron chi connectivity index (χ3n) is 17.8. The number of anilines is 9. The van der Waals surface area contributed by atoms with Gasteiger partial charge in [0.1, 0.15) is 0 Å². The van der Waals surface area contributed by atoms with Crippen molar-refractivity contribution in [3.63, 3.8) is 0 Å². The van der Waals surface area contributed by atoms with Crippen LogP contribution in [0.4, 0.5) is 51.2 Å². The van der Waals surface area contributed by atoms with Crippen molar-refractivity contribution >= 4 is 74.3 Å². The second-order valence-electron chi connectivity index (χ2n) is 25.0. The highest BCUT2D eigenvalue weighted by molar-refractivity contribution is 7.00. The fraction of sp³-hybridized carbons (Fsp3) is 0.382. The van der Waals surface area contributed by atoms with Crippen LogP contribution in [0.3, 0.4) is 0 Å². The topological polar surface area (TPSA) is 9.72 Å². The van der Waals surface area contributed by atoms with Crippen molar-refractivity contribution < 1.29 is 0 Å². The number of rotatable bonds is 13. The molecule has 2 aliphatic heterocycles. The van der Waals surface area contributed by atoms with Gasteiger partial charge in [-0.2, -0.15) is 0 Å². The summed E-state index contributed by atoms with van der Waals surface area (Å²) >= 11 is 0. The van der Waals surface area contributed by atoms with Crippen LogP contribution in [0.2, 0.25) is 0 Å². The minimum atomic E-state index is -0.0148. The summed E-state index contributed by atoms with van der Waals surface area (Å²) in [5, 5.41) is 0. The minimum absolute atomic E-state index is 0.00125. The second kappa shape index (κ2) is 18.5. The molecule has 7 aromatic carbocycles. The Hall–Kier alpha value is -6.00.